The predicted molar refractivity (Wildman–Crippen MR) is 107 cm³/mol. The van der Waals surface area contributed by atoms with E-state index in [0.29, 0.717) is 36.8 Å². The molecule has 1 aliphatic rings. The third kappa shape index (κ3) is 5.28. The highest BCUT2D eigenvalue weighted by atomic mass is 16.6. The Kier molecular flexibility index (Phi) is 6.55. The summed E-state index contributed by atoms with van der Waals surface area (Å²) in [6, 6.07) is 4.15. The van der Waals surface area contributed by atoms with Gasteiger partial charge in [0.1, 0.15) is 13.2 Å². The molecule has 10 nitrogen and oxygen atoms in total. The molecule has 10 heteroatoms. The summed E-state index contributed by atoms with van der Waals surface area (Å²) in [5, 5.41) is 8.92. The third-order valence-electron chi connectivity index (χ3n) is 4.66. The fourth-order valence-electron chi connectivity index (χ4n) is 3.07. The van der Waals surface area contributed by atoms with Crippen molar-refractivity contribution >= 4 is 23.6 Å². The second kappa shape index (κ2) is 9.29. The first-order valence-corrected chi connectivity index (χ1v) is 9.48. The Hall–Kier alpha value is -3.56. The van der Waals surface area contributed by atoms with E-state index in [1.165, 1.54) is 0 Å². The lowest BCUT2D eigenvalue weighted by atomic mass is 10.1. The standard InChI is InChI=1S/C20H24N4O6/c1-12-15(13(2)24(3)23-12)5-7-19(26)30-11-18(25)22-20(27)21-14-4-6-16-17(10-14)29-9-8-28-16/h4,6,10H,5,7-9,11H2,1-3H3,(H2,21,22,25,27). The summed E-state index contributed by atoms with van der Waals surface area (Å²) in [4.78, 5) is 35.7. The first-order valence-electron chi connectivity index (χ1n) is 9.48. The minimum absolute atomic E-state index is 0.115. The summed E-state index contributed by atoms with van der Waals surface area (Å²) >= 11 is 0. The molecule has 0 spiro atoms. The largest absolute Gasteiger partial charge is 0.486 e. The van der Waals surface area contributed by atoms with Crippen molar-refractivity contribution in [3.63, 3.8) is 0 Å². The molecule has 0 unspecified atom stereocenters. The van der Waals surface area contributed by atoms with E-state index >= 15 is 0 Å². The number of nitrogens with zero attached hydrogens (tertiary/aromatic N) is 2. The van der Waals surface area contributed by atoms with Crippen molar-refractivity contribution in [1.82, 2.24) is 15.1 Å². The molecule has 0 saturated carbocycles. The lowest BCUT2D eigenvalue weighted by molar-refractivity contribution is -0.148. The zero-order chi connectivity index (χ0) is 21.7. The van der Waals surface area contributed by atoms with Crippen molar-refractivity contribution in [3.8, 4) is 11.5 Å². The molecule has 1 aromatic carbocycles. The number of benzene rings is 1. The number of hydrogen-bond donors (Lipinski definition) is 2. The number of aryl methyl sites for hydroxylation is 2. The van der Waals surface area contributed by atoms with Gasteiger partial charge in [-0.15, -0.1) is 0 Å². The number of nitrogens with one attached hydrogen (secondary N) is 2. The smallest absolute Gasteiger partial charge is 0.325 e. The van der Waals surface area contributed by atoms with E-state index in [4.69, 9.17) is 14.2 Å². The fraction of sp³-hybridized carbons (Fsp3) is 0.400. The van der Waals surface area contributed by atoms with Crippen molar-refractivity contribution in [2.45, 2.75) is 26.7 Å². The van der Waals surface area contributed by atoms with E-state index in [2.05, 4.69) is 15.7 Å². The topological polar surface area (TPSA) is 121 Å². The third-order valence-corrected chi connectivity index (χ3v) is 4.66. The molecule has 2 heterocycles. The molecule has 160 valence electrons. The summed E-state index contributed by atoms with van der Waals surface area (Å²) in [6.45, 7) is 4.15. The maximum Gasteiger partial charge on any atom is 0.325 e. The average Bonchev–Trinajstić information content (AvgIpc) is 2.95. The van der Waals surface area contributed by atoms with E-state index in [0.717, 1.165) is 17.0 Å². The van der Waals surface area contributed by atoms with Crippen LogP contribution in [0.3, 0.4) is 0 Å². The zero-order valence-corrected chi connectivity index (χ0v) is 17.1. The Morgan fingerprint density at radius 2 is 1.90 bits per heavy atom. The van der Waals surface area contributed by atoms with Crippen molar-refractivity contribution in [1.29, 1.82) is 0 Å². The Labute approximate surface area is 173 Å². The van der Waals surface area contributed by atoms with Crippen LogP contribution >= 0.6 is 0 Å². The number of esters is 1. The maximum atomic E-state index is 12.0. The van der Waals surface area contributed by atoms with Crippen LogP contribution in [0.15, 0.2) is 18.2 Å². The summed E-state index contributed by atoms with van der Waals surface area (Å²) in [6.07, 6.45) is 0.584. The van der Waals surface area contributed by atoms with E-state index < -0.39 is 24.5 Å². The zero-order valence-electron chi connectivity index (χ0n) is 17.1. The van der Waals surface area contributed by atoms with Gasteiger partial charge in [-0.05, 0) is 38.0 Å². The molecule has 0 atom stereocenters. The van der Waals surface area contributed by atoms with Crippen molar-refractivity contribution < 1.29 is 28.6 Å². The van der Waals surface area contributed by atoms with Crippen LogP contribution in [0.4, 0.5) is 10.5 Å². The van der Waals surface area contributed by atoms with Gasteiger partial charge in [0, 0.05) is 30.9 Å². The normalized spacial score (nSPS) is 12.2. The van der Waals surface area contributed by atoms with Crippen LogP contribution in [0.2, 0.25) is 0 Å². The minimum Gasteiger partial charge on any atom is -0.486 e. The Balaban J connectivity index is 1.40. The number of hydrogen-bond acceptors (Lipinski definition) is 7. The number of anilines is 1. The number of fused-ring (bicyclic) bond motifs is 1. The number of amides is 3. The summed E-state index contributed by atoms with van der Waals surface area (Å²) in [5.41, 5.74) is 3.26. The van der Waals surface area contributed by atoms with Crippen LogP contribution in [0.5, 0.6) is 11.5 Å². The highest BCUT2D eigenvalue weighted by Crippen LogP contribution is 2.32. The van der Waals surface area contributed by atoms with E-state index in [1.807, 2.05) is 20.9 Å². The van der Waals surface area contributed by atoms with Crippen LogP contribution in [0, 0.1) is 13.8 Å². The van der Waals surface area contributed by atoms with Crippen LogP contribution in [-0.2, 0) is 27.8 Å². The van der Waals surface area contributed by atoms with E-state index in [1.54, 1.807) is 22.9 Å². The van der Waals surface area contributed by atoms with Crippen LogP contribution < -0.4 is 20.1 Å². The molecule has 2 N–H and O–H groups in total. The summed E-state index contributed by atoms with van der Waals surface area (Å²) in [5.74, 6) is -0.155. The van der Waals surface area contributed by atoms with Gasteiger partial charge in [-0.3, -0.25) is 19.6 Å². The summed E-state index contributed by atoms with van der Waals surface area (Å²) in [7, 11) is 1.84. The Morgan fingerprint density at radius 1 is 1.17 bits per heavy atom. The highest BCUT2D eigenvalue weighted by Gasteiger charge is 2.16. The van der Waals surface area contributed by atoms with Crippen molar-refractivity contribution in [2.24, 2.45) is 7.05 Å². The van der Waals surface area contributed by atoms with E-state index in [-0.39, 0.29) is 6.42 Å². The number of imide groups is 1. The second-order valence-corrected chi connectivity index (χ2v) is 6.79. The van der Waals surface area contributed by atoms with Gasteiger partial charge >= 0.3 is 12.0 Å². The molecule has 1 aliphatic heterocycles. The first-order chi connectivity index (χ1) is 14.3. The van der Waals surface area contributed by atoms with Crippen molar-refractivity contribution in [2.75, 3.05) is 25.1 Å². The lowest BCUT2D eigenvalue weighted by Crippen LogP contribution is -2.37. The van der Waals surface area contributed by atoms with Crippen LogP contribution in [0.25, 0.3) is 0 Å². The van der Waals surface area contributed by atoms with Crippen LogP contribution in [0.1, 0.15) is 23.4 Å². The molecular weight excluding hydrogens is 392 g/mol. The summed E-state index contributed by atoms with van der Waals surface area (Å²) < 4.78 is 17.5. The Bertz CT molecular complexity index is 968. The van der Waals surface area contributed by atoms with Gasteiger partial charge in [0.25, 0.3) is 5.91 Å². The van der Waals surface area contributed by atoms with Gasteiger partial charge < -0.3 is 19.5 Å². The van der Waals surface area contributed by atoms with Crippen molar-refractivity contribution in [3.05, 3.63) is 35.2 Å². The highest BCUT2D eigenvalue weighted by molar-refractivity contribution is 6.02. The molecular formula is C20H24N4O6. The molecule has 2 aromatic rings. The van der Waals surface area contributed by atoms with Gasteiger partial charge in [-0.2, -0.15) is 5.10 Å². The second-order valence-electron chi connectivity index (χ2n) is 6.79. The SMILES string of the molecule is Cc1nn(C)c(C)c1CCC(=O)OCC(=O)NC(=O)Nc1ccc2c(c1)OCCO2. The maximum absolute atomic E-state index is 12.0. The first kappa shape index (κ1) is 21.2. The van der Waals surface area contributed by atoms with E-state index in [9.17, 15) is 14.4 Å². The number of ether oxygens (including phenoxy) is 3. The molecule has 30 heavy (non-hydrogen) atoms. The van der Waals surface area contributed by atoms with Gasteiger partial charge in [0.05, 0.1) is 5.69 Å². The quantitative estimate of drug-likeness (QED) is 0.687. The number of aromatic nitrogens is 2. The monoisotopic (exact) mass is 416 g/mol. The Morgan fingerprint density at radius 3 is 2.60 bits per heavy atom. The number of carbonyl (C=O) groups is 3. The number of carbonyl (C=O) groups excluding carboxylic acids is 3. The predicted octanol–water partition coefficient (Wildman–Crippen LogP) is 1.63. The number of rotatable bonds is 6. The molecule has 0 fully saturated rings. The lowest BCUT2D eigenvalue weighted by Gasteiger charge is -2.19. The number of urea groups is 1. The molecule has 0 radical (unpaired) electrons. The average molecular weight is 416 g/mol. The molecule has 0 aliphatic carbocycles. The minimum atomic E-state index is -0.741. The van der Waals surface area contributed by atoms with Gasteiger partial charge in [0.2, 0.25) is 0 Å². The molecule has 3 rings (SSSR count). The van der Waals surface area contributed by atoms with Crippen LogP contribution in [-0.4, -0.2) is 47.5 Å². The van der Waals surface area contributed by atoms with Gasteiger partial charge in [-0.25, -0.2) is 4.79 Å². The molecule has 3 amide bonds. The molecule has 0 bridgehead atoms. The fourth-order valence-corrected chi connectivity index (χ4v) is 3.07. The van der Waals surface area contributed by atoms with Gasteiger partial charge in [-0.1, -0.05) is 0 Å². The van der Waals surface area contributed by atoms with Gasteiger partial charge in [0.15, 0.2) is 18.1 Å². The molecule has 0 saturated heterocycles. The molecule has 1 aromatic heterocycles.